The van der Waals surface area contributed by atoms with Crippen molar-refractivity contribution in [3.8, 4) is 0 Å². The summed E-state index contributed by atoms with van der Waals surface area (Å²) in [7, 11) is 0. The average molecular weight is 428 g/mol. The lowest BCUT2D eigenvalue weighted by Crippen LogP contribution is -2.43. The van der Waals surface area contributed by atoms with Crippen LogP contribution in [0.1, 0.15) is 70.4 Å². The number of carbonyl (C=O) groups excluding carboxylic acids is 2. The predicted molar refractivity (Wildman–Crippen MR) is 124 cm³/mol. The van der Waals surface area contributed by atoms with Gasteiger partial charge in [-0.25, -0.2) is 9.79 Å². The molecule has 170 valence electrons. The number of nitrogens with zero attached hydrogens (tertiary/aromatic N) is 2. The number of nitrogens with one attached hydrogen (secondary N) is 2. The first-order valence-corrected chi connectivity index (χ1v) is 11.6. The van der Waals surface area contributed by atoms with Crippen molar-refractivity contribution in [1.29, 1.82) is 0 Å². The molecule has 7 heteroatoms. The van der Waals surface area contributed by atoms with E-state index in [1.807, 2.05) is 31.2 Å². The van der Waals surface area contributed by atoms with Gasteiger partial charge < -0.3 is 16.4 Å². The van der Waals surface area contributed by atoms with E-state index in [1.165, 1.54) is 19.3 Å². The molecule has 1 fully saturated rings. The number of aliphatic imine (C=N–C) groups is 1. The zero-order valence-electron chi connectivity index (χ0n) is 19.1. The zero-order valence-corrected chi connectivity index (χ0v) is 19.1. The van der Waals surface area contributed by atoms with Crippen LogP contribution in [0, 0.1) is 5.92 Å². The lowest BCUT2D eigenvalue weighted by Gasteiger charge is -2.23. The van der Waals surface area contributed by atoms with E-state index in [1.54, 1.807) is 4.90 Å². The molecule has 0 spiro atoms. The number of nitrogens with two attached hydrogens (primary N) is 1. The van der Waals surface area contributed by atoms with Crippen molar-refractivity contribution in [2.24, 2.45) is 16.6 Å². The summed E-state index contributed by atoms with van der Waals surface area (Å²) < 4.78 is 0. The molecule has 1 atom stereocenters. The molecule has 1 aliphatic carbocycles. The van der Waals surface area contributed by atoms with Crippen LogP contribution in [0.15, 0.2) is 29.3 Å². The van der Waals surface area contributed by atoms with Crippen LogP contribution in [0.4, 0.5) is 4.79 Å². The standard InChI is InChI=1S/C24H37N5O2/c1-17(2)15-24(3)21(30)29(22(25)28-24)16-19-11-9-18(10-12-19)13-14-26-23(31)27-20-7-5-4-6-8-20/h9-12,17,20H,4-8,13-16H2,1-3H3,(H2,25,28)(H2,26,27,31). The molecule has 31 heavy (non-hydrogen) atoms. The minimum absolute atomic E-state index is 0.0315. The Labute approximate surface area is 185 Å². The molecule has 0 aromatic heterocycles. The van der Waals surface area contributed by atoms with Gasteiger partial charge in [0.05, 0.1) is 6.54 Å². The number of hydrogen-bond acceptors (Lipinski definition) is 4. The summed E-state index contributed by atoms with van der Waals surface area (Å²) in [5.41, 5.74) is 7.45. The lowest BCUT2D eigenvalue weighted by molar-refractivity contribution is -0.131. The van der Waals surface area contributed by atoms with E-state index in [-0.39, 0.29) is 11.9 Å². The molecule has 1 aliphatic heterocycles. The number of guanidine groups is 1. The van der Waals surface area contributed by atoms with Crippen molar-refractivity contribution in [3.63, 3.8) is 0 Å². The minimum Gasteiger partial charge on any atom is -0.369 e. The van der Waals surface area contributed by atoms with E-state index in [0.717, 1.165) is 30.4 Å². The van der Waals surface area contributed by atoms with Crippen LogP contribution in [0.2, 0.25) is 0 Å². The number of carbonyl (C=O) groups is 2. The van der Waals surface area contributed by atoms with Crippen LogP contribution in [0.5, 0.6) is 0 Å². The Morgan fingerprint density at radius 3 is 2.48 bits per heavy atom. The largest absolute Gasteiger partial charge is 0.369 e. The van der Waals surface area contributed by atoms with Crippen LogP contribution >= 0.6 is 0 Å². The topological polar surface area (TPSA) is 99.8 Å². The Balaban J connectivity index is 1.45. The van der Waals surface area contributed by atoms with E-state index < -0.39 is 5.54 Å². The summed E-state index contributed by atoms with van der Waals surface area (Å²) in [4.78, 5) is 31.0. The second kappa shape index (κ2) is 10.2. The summed E-state index contributed by atoms with van der Waals surface area (Å²) in [6.07, 6.45) is 7.29. The normalized spacial score (nSPS) is 22.0. The third-order valence-electron chi connectivity index (χ3n) is 6.15. The van der Waals surface area contributed by atoms with Crippen molar-refractivity contribution >= 4 is 17.9 Å². The van der Waals surface area contributed by atoms with E-state index in [0.29, 0.717) is 37.4 Å². The first kappa shape index (κ1) is 23.1. The van der Waals surface area contributed by atoms with Gasteiger partial charge in [-0.1, -0.05) is 57.4 Å². The van der Waals surface area contributed by atoms with Crippen LogP contribution < -0.4 is 16.4 Å². The number of urea groups is 1. The highest BCUT2D eigenvalue weighted by molar-refractivity contribution is 6.06. The Kier molecular flexibility index (Phi) is 7.57. The Morgan fingerprint density at radius 1 is 1.19 bits per heavy atom. The van der Waals surface area contributed by atoms with Gasteiger partial charge in [-0.2, -0.15) is 0 Å². The highest BCUT2D eigenvalue weighted by Gasteiger charge is 2.43. The fourth-order valence-electron chi connectivity index (χ4n) is 4.63. The molecule has 0 bridgehead atoms. The van der Waals surface area contributed by atoms with E-state index >= 15 is 0 Å². The third-order valence-corrected chi connectivity index (χ3v) is 6.15. The van der Waals surface area contributed by atoms with Gasteiger partial charge in [0.1, 0.15) is 5.54 Å². The highest BCUT2D eigenvalue weighted by Crippen LogP contribution is 2.29. The summed E-state index contributed by atoms with van der Waals surface area (Å²) >= 11 is 0. The van der Waals surface area contributed by atoms with Gasteiger partial charge in [0, 0.05) is 12.6 Å². The van der Waals surface area contributed by atoms with Gasteiger partial charge >= 0.3 is 6.03 Å². The van der Waals surface area contributed by atoms with Crippen LogP contribution in [0.25, 0.3) is 0 Å². The predicted octanol–water partition coefficient (Wildman–Crippen LogP) is 3.32. The second-order valence-electron chi connectivity index (χ2n) is 9.53. The monoisotopic (exact) mass is 427 g/mol. The lowest BCUT2D eigenvalue weighted by atomic mass is 9.91. The molecule has 1 saturated carbocycles. The first-order valence-electron chi connectivity index (χ1n) is 11.6. The molecule has 1 aromatic rings. The summed E-state index contributed by atoms with van der Waals surface area (Å²) in [5, 5.41) is 6.02. The van der Waals surface area contributed by atoms with Crippen molar-refractivity contribution in [2.45, 2.75) is 83.8 Å². The van der Waals surface area contributed by atoms with E-state index in [4.69, 9.17) is 5.73 Å². The zero-order chi connectivity index (χ0) is 22.4. The number of hydrogen-bond donors (Lipinski definition) is 3. The summed E-state index contributed by atoms with van der Waals surface area (Å²) in [5.74, 6) is 0.629. The molecular weight excluding hydrogens is 390 g/mol. The third kappa shape index (κ3) is 6.21. The van der Waals surface area contributed by atoms with Crippen molar-refractivity contribution in [3.05, 3.63) is 35.4 Å². The maximum atomic E-state index is 12.9. The Bertz CT molecular complexity index is 799. The average Bonchev–Trinajstić information content (AvgIpc) is 2.92. The van der Waals surface area contributed by atoms with Gasteiger partial charge in [0.15, 0.2) is 5.96 Å². The fourth-order valence-corrected chi connectivity index (χ4v) is 4.63. The summed E-state index contributed by atoms with van der Waals surface area (Å²) in [6, 6.07) is 8.34. The molecule has 3 amide bonds. The summed E-state index contributed by atoms with van der Waals surface area (Å²) in [6.45, 7) is 7.04. The van der Waals surface area contributed by atoms with Gasteiger partial charge in [0.2, 0.25) is 0 Å². The van der Waals surface area contributed by atoms with Crippen molar-refractivity contribution < 1.29 is 9.59 Å². The van der Waals surface area contributed by atoms with Crippen LogP contribution in [-0.2, 0) is 17.8 Å². The van der Waals surface area contributed by atoms with Gasteiger partial charge in [-0.15, -0.1) is 0 Å². The molecule has 0 saturated heterocycles. The molecule has 2 aliphatic rings. The van der Waals surface area contributed by atoms with Gasteiger partial charge in [-0.05, 0) is 49.7 Å². The molecule has 7 nitrogen and oxygen atoms in total. The molecule has 1 unspecified atom stereocenters. The molecule has 1 aromatic carbocycles. The fraction of sp³-hybridized carbons (Fsp3) is 0.625. The number of amides is 3. The van der Waals surface area contributed by atoms with E-state index in [9.17, 15) is 9.59 Å². The SMILES string of the molecule is CC(C)CC1(C)N=C(N)N(Cc2ccc(CCNC(=O)NC3CCCCC3)cc2)C1=O. The molecule has 0 radical (unpaired) electrons. The van der Waals surface area contributed by atoms with Gasteiger partial charge in [0.25, 0.3) is 5.91 Å². The second-order valence-corrected chi connectivity index (χ2v) is 9.53. The van der Waals surface area contributed by atoms with Gasteiger partial charge in [-0.3, -0.25) is 9.69 Å². The maximum absolute atomic E-state index is 12.9. The first-order chi connectivity index (χ1) is 14.8. The Hall–Kier alpha value is -2.57. The maximum Gasteiger partial charge on any atom is 0.315 e. The Morgan fingerprint density at radius 2 is 1.84 bits per heavy atom. The van der Waals surface area contributed by atoms with Crippen molar-refractivity contribution in [2.75, 3.05) is 6.54 Å². The number of rotatable bonds is 8. The molecule has 1 heterocycles. The van der Waals surface area contributed by atoms with Crippen LogP contribution in [-0.4, -0.2) is 40.9 Å². The quantitative estimate of drug-likeness (QED) is 0.593. The van der Waals surface area contributed by atoms with E-state index in [2.05, 4.69) is 29.5 Å². The molecular formula is C24H37N5O2. The highest BCUT2D eigenvalue weighted by atomic mass is 16.2. The minimum atomic E-state index is -0.762. The smallest absolute Gasteiger partial charge is 0.315 e. The van der Waals surface area contributed by atoms with Crippen LogP contribution in [0.3, 0.4) is 0 Å². The molecule has 4 N–H and O–H groups in total. The van der Waals surface area contributed by atoms with Crippen molar-refractivity contribution in [1.82, 2.24) is 15.5 Å². The molecule has 3 rings (SSSR count). The number of benzene rings is 1.